The molecule has 1 aliphatic rings. The molecule has 1 atom stereocenters. The zero-order chi connectivity index (χ0) is 19.8. The van der Waals surface area contributed by atoms with Gasteiger partial charge in [0.1, 0.15) is 0 Å². The molecule has 1 aromatic heterocycles. The van der Waals surface area contributed by atoms with Gasteiger partial charge in [-0.05, 0) is 50.5 Å². The predicted octanol–water partition coefficient (Wildman–Crippen LogP) is 3.51. The van der Waals surface area contributed by atoms with Crippen molar-refractivity contribution in [3.8, 4) is 5.88 Å². The van der Waals surface area contributed by atoms with Gasteiger partial charge < -0.3 is 20.3 Å². The molecule has 2 aromatic rings. The van der Waals surface area contributed by atoms with Crippen molar-refractivity contribution in [1.82, 2.24) is 15.6 Å². The summed E-state index contributed by atoms with van der Waals surface area (Å²) in [6.07, 6.45) is 2.57. The standard InChI is InChI=1S/C22H31N5O/c1-4-23-22(24-16-19-10-8-12-21(26-19)28-3)25-17(2)18-9-7-11-20(15-18)27-13-5-6-14-27/h7-12,15,17H,4-6,13-14,16H2,1-3H3,(H2,23,24,25). The summed E-state index contributed by atoms with van der Waals surface area (Å²) < 4.78 is 5.19. The second-order valence-electron chi connectivity index (χ2n) is 7.02. The number of guanidine groups is 1. The normalized spacial score (nSPS) is 15.4. The molecule has 0 bridgehead atoms. The maximum absolute atomic E-state index is 5.19. The van der Waals surface area contributed by atoms with Gasteiger partial charge in [0.2, 0.25) is 5.88 Å². The smallest absolute Gasteiger partial charge is 0.213 e. The van der Waals surface area contributed by atoms with E-state index in [1.165, 1.54) is 24.1 Å². The molecule has 1 aliphatic heterocycles. The number of hydrogen-bond donors (Lipinski definition) is 2. The molecule has 0 radical (unpaired) electrons. The van der Waals surface area contributed by atoms with Crippen LogP contribution in [0.2, 0.25) is 0 Å². The second kappa shape index (κ2) is 9.97. The van der Waals surface area contributed by atoms with E-state index < -0.39 is 0 Å². The van der Waals surface area contributed by atoms with Crippen molar-refractivity contribution in [3.05, 3.63) is 53.7 Å². The van der Waals surface area contributed by atoms with Crippen molar-refractivity contribution < 1.29 is 4.74 Å². The highest BCUT2D eigenvalue weighted by Crippen LogP contribution is 2.24. The van der Waals surface area contributed by atoms with E-state index in [0.29, 0.717) is 12.4 Å². The summed E-state index contributed by atoms with van der Waals surface area (Å²) in [6, 6.07) is 14.7. The Morgan fingerprint density at radius 1 is 1.21 bits per heavy atom. The average Bonchev–Trinajstić information content (AvgIpc) is 3.27. The summed E-state index contributed by atoms with van der Waals surface area (Å²) in [5.74, 6) is 1.39. The maximum Gasteiger partial charge on any atom is 0.213 e. The number of nitrogens with one attached hydrogen (secondary N) is 2. The Hall–Kier alpha value is -2.76. The summed E-state index contributed by atoms with van der Waals surface area (Å²) in [5.41, 5.74) is 3.45. The number of pyridine rings is 1. The van der Waals surface area contributed by atoms with Crippen LogP contribution in [0.3, 0.4) is 0 Å². The van der Waals surface area contributed by atoms with Gasteiger partial charge in [0.05, 0.1) is 25.4 Å². The summed E-state index contributed by atoms with van der Waals surface area (Å²) >= 11 is 0. The molecule has 150 valence electrons. The third kappa shape index (κ3) is 5.38. The van der Waals surface area contributed by atoms with Crippen LogP contribution < -0.4 is 20.3 Å². The first kappa shape index (κ1) is 20.0. The largest absolute Gasteiger partial charge is 0.481 e. The molecule has 3 rings (SSSR count). The molecule has 6 heteroatoms. The van der Waals surface area contributed by atoms with Crippen molar-refractivity contribution in [1.29, 1.82) is 0 Å². The van der Waals surface area contributed by atoms with E-state index in [1.807, 2.05) is 18.2 Å². The van der Waals surface area contributed by atoms with Crippen LogP contribution in [0.25, 0.3) is 0 Å². The average molecular weight is 382 g/mol. The monoisotopic (exact) mass is 381 g/mol. The van der Waals surface area contributed by atoms with Gasteiger partial charge in [-0.25, -0.2) is 9.98 Å². The van der Waals surface area contributed by atoms with E-state index >= 15 is 0 Å². The summed E-state index contributed by atoms with van der Waals surface area (Å²) in [6.45, 7) is 7.84. The van der Waals surface area contributed by atoms with Gasteiger partial charge in [-0.15, -0.1) is 0 Å². The molecule has 2 N–H and O–H groups in total. The van der Waals surface area contributed by atoms with Gasteiger partial charge in [-0.1, -0.05) is 18.2 Å². The minimum Gasteiger partial charge on any atom is -0.481 e. The first-order valence-corrected chi connectivity index (χ1v) is 10.1. The zero-order valence-electron chi connectivity index (χ0n) is 17.1. The summed E-state index contributed by atoms with van der Waals surface area (Å²) in [5, 5.41) is 6.83. The third-order valence-electron chi connectivity index (χ3n) is 4.93. The Balaban J connectivity index is 1.68. The lowest BCUT2D eigenvalue weighted by atomic mass is 10.1. The summed E-state index contributed by atoms with van der Waals surface area (Å²) in [4.78, 5) is 11.6. The first-order chi connectivity index (χ1) is 13.7. The molecule has 1 fully saturated rings. The molecule has 0 amide bonds. The topological polar surface area (TPSA) is 61.8 Å². The van der Waals surface area contributed by atoms with E-state index in [1.54, 1.807) is 7.11 Å². The summed E-state index contributed by atoms with van der Waals surface area (Å²) in [7, 11) is 1.62. The van der Waals surface area contributed by atoms with Gasteiger partial charge in [-0.2, -0.15) is 0 Å². The fourth-order valence-corrected chi connectivity index (χ4v) is 3.39. The Morgan fingerprint density at radius 2 is 2.00 bits per heavy atom. The number of benzene rings is 1. The van der Waals surface area contributed by atoms with Gasteiger partial charge in [0.15, 0.2) is 5.96 Å². The highest BCUT2D eigenvalue weighted by Gasteiger charge is 2.14. The second-order valence-corrected chi connectivity index (χ2v) is 7.02. The lowest BCUT2D eigenvalue weighted by molar-refractivity contribution is 0.396. The van der Waals surface area contributed by atoms with E-state index in [4.69, 9.17) is 9.73 Å². The van der Waals surface area contributed by atoms with Crippen molar-refractivity contribution in [3.63, 3.8) is 0 Å². The van der Waals surface area contributed by atoms with Crippen LogP contribution in [0.5, 0.6) is 5.88 Å². The fraction of sp³-hybridized carbons (Fsp3) is 0.455. The van der Waals surface area contributed by atoms with Gasteiger partial charge >= 0.3 is 0 Å². The molecule has 1 saturated heterocycles. The lowest BCUT2D eigenvalue weighted by Crippen LogP contribution is -2.38. The predicted molar refractivity (Wildman–Crippen MR) is 115 cm³/mol. The molecule has 2 heterocycles. The van der Waals surface area contributed by atoms with Crippen LogP contribution in [-0.2, 0) is 6.54 Å². The number of aromatic nitrogens is 1. The van der Waals surface area contributed by atoms with Crippen LogP contribution in [-0.4, -0.2) is 37.7 Å². The minimum atomic E-state index is 0.152. The van der Waals surface area contributed by atoms with Crippen molar-refractivity contribution >= 4 is 11.6 Å². The number of hydrogen-bond acceptors (Lipinski definition) is 4. The molecule has 0 spiro atoms. The van der Waals surface area contributed by atoms with Crippen molar-refractivity contribution in [2.45, 2.75) is 39.3 Å². The van der Waals surface area contributed by atoms with Crippen LogP contribution in [0.4, 0.5) is 5.69 Å². The molecular formula is C22H31N5O. The Morgan fingerprint density at radius 3 is 2.75 bits per heavy atom. The van der Waals surface area contributed by atoms with Crippen LogP contribution in [0, 0.1) is 0 Å². The zero-order valence-corrected chi connectivity index (χ0v) is 17.1. The fourth-order valence-electron chi connectivity index (χ4n) is 3.39. The maximum atomic E-state index is 5.19. The first-order valence-electron chi connectivity index (χ1n) is 10.1. The number of nitrogens with zero attached hydrogens (tertiary/aromatic N) is 3. The molecule has 1 unspecified atom stereocenters. The number of ether oxygens (including phenoxy) is 1. The number of anilines is 1. The highest BCUT2D eigenvalue weighted by atomic mass is 16.5. The number of methoxy groups -OCH3 is 1. The molecule has 0 aliphatic carbocycles. The molecular weight excluding hydrogens is 350 g/mol. The van der Waals surface area contributed by atoms with Gasteiger partial charge in [0.25, 0.3) is 0 Å². The molecule has 1 aromatic carbocycles. The minimum absolute atomic E-state index is 0.152. The van der Waals surface area contributed by atoms with Gasteiger partial charge in [-0.3, -0.25) is 0 Å². The highest BCUT2D eigenvalue weighted by molar-refractivity contribution is 5.80. The third-order valence-corrected chi connectivity index (χ3v) is 4.93. The molecule has 28 heavy (non-hydrogen) atoms. The van der Waals surface area contributed by atoms with Crippen molar-refractivity contribution in [2.24, 2.45) is 4.99 Å². The van der Waals surface area contributed by atoms with E-state index in [0.717, 1.165) is 31.3 Å². The van der Waals surface area contributed by atoms with Gasteiger partial charge in [0, 0.05) is 31.4 Å². The van der Waals surface area contributed by atoms with Crippen LogP contribution in [0.15, 0.2) is 47.5 Å². The Kier molecular flexibility index (Phi) is 7.12. The van der Waals surface area contributed by atoms with Crippen LogP contribution in [0.1, 0.15) is 44.0 Å². The van der Waals surface area contributed by atoms with E-state index in [2.05, 4.69) is 58.6 Å². The molecule has 6 nitrogen and oxygen atoms in total. The number of rotatable bonds is 7. The SMILES string of the molecule is CCNC(=NCc1cccc(OC)n1)NC(C)c1cccc(N2CCCC2)c1. The van der Waals surface area contributed by atoms with Crippen molar-refractivity contribution in [2.75, 3.05) is 31.6 Å². The Bertz CT molecular complexity index is 786. The lowest BCUT2D eigenvalue weighted by Gasteiger charge is -2.22. The van der Waals surface area contributed by atoms with E-state index in [9.17, 15) is 0 Å². The van der Waals surface area contributed by atoms with E-state index in [-0.39, 0.29) is 6.04 Å². The van der Waals surface area contributed by atoms with Crippen LogP contribution >= 0.6 is 0 Å². The molecule has 0 saturated carbocycles. The quantitative estimate of drug-likeness (QED) is 0.568. The number of aliphatic imine (C=N–C) groups is 1. The Labute approximate surface area is 168 Å².